The fourth-order valence-corrected chi connectivity index (χ4v) is 16.5. The van der Waals surface area contributed by atoms with Crippen molar-refractivity contribution in [2.45, 2.75) is 0 Å². The Hall–Kier alpha value is -14.1. The van der Waals surface area contributed by atoms with Crippen LogP contribution in [0.2, 0.25) is 0 Å². The maximum atomic E-state index is 5.63. The highest BCUT2D eigenvalue weighted by atomic mass is 15.1. The summed E-state index contributed by atoms with van der Waals surface area (Å²) in [7, 11) is 0. The molecule has 0 aliphatic rings. The third-order valence-electron chi connectivity index (χ3n) is 20.9. The Bertz CT molecular complexity index is 6400. The second-order valence-electron chi connectivity index (χ2n) is 26.3. The summed E-state index contributed by atoms with van der Waals surface area (Å²) in [6.07, 6.45) is 11.2. The predicted molar refractivity (Wildman–Crippen MR) is 416 cm³/mol. The molecule has 0 N–H and O–H groups in total. The quantitative estimate of drug-likeness (QED) is 0.142. The maximum absolute atomic E-state index is 5.63. The lowest BCUT2D eigenvalue weighted by atomic mass is 10.1. The van der Waals surface area contributed by atoms with Crippen LogP contribution in [-0.2, 0) is 0 Å². The Kier molecular flexibility index (Phi) is 11.9. The summed E-state index contributed by atoms with van der Waals surface area (Å²) in [6.45, 7) is 0. The molecule has 102 heavy (non-hydrogen) atoms. The summed E-state index contributed by atoms with van der Waals surface area (Å²) in [5, 5.41) is 13.7. The number of nitrogens with zero attached hydrogens (tertiary/aromatic N) is 12. The van der Waals surface area contributed by atoms with Crippen LogP contribution in [0.15, 0.2) is 328 Å². The van der Waals surface area contributed by atoms with E-state index in [9.17, 15) is 0 Å². The van der Waals surface area contributed by atoms with Gasteiger partial charge in [0.1, 0.15) is 0 Å². The van der Waals surface area contributed by atoms with Crippen molar-refractivity contribution in [3.63, 3.8) is 0 Å². The van der Waals surface area contributed by atoms with Crippen molar-refractivity contribution >= 4 is 131 Å². The van der Waals surface area contributed by atoms with Gasteiger partial charge in [-0.3, -0.25) is 15.0 Å². The first kappa shape index (κ1) is 56.0. The SMILES string of the molecule is c1ccc2c(c1)c1ccccc1n2-c1ccc2c(c1)c1cc(-c3nc(-c4ccc5c(c4)c4cc(-n6c7ccccc7c7ccccc76)ccc4n5-c4ccncc4)nc(-c4ccc5c(c4)c4cc(-n6c7ccccc7c7ccccc76)ccc4n5-c4ccncc4)n3)ccc1n2-c1ccncc1. The molecule has 0 saturated heterocycles. The van der Waals surface area contributed by atoms with Crippen LogP contribution in [0.3, 0.4) is 0 Å². The van der Waals surface area contributed by atoms with Gasteiger partial charge in [0.15, 0.2) is 17.5 Å². The molecule has 22 rings (SSSR count). The van der Waals surface area contributed by atoms with Gasteiger partial charge in [-0.25, -0.2) is 15.0 Å². The van der Waals surface area contributed by atoms with Gasteiger partial charge in [-0.2, -0.15) is 0 Å². The number of benzene rings is 12. The number of aromatic nitrogens is 12. The van der Waals surface area contributed by atoms with Gasteiger partial charge >= 0.3 is 0 Å². The van der Waals surface area contributed by atoms with Crippen molar-refractivity contribution in [1.82, 2.24) is 57.3 Å². The zero-order chi connectivity index (χ0) is 66.7. The first-order valence-electron chi connectivity index (χ1n) is 34.3. The minimum absolute atomic E-state index is 0.543. The summed E-state index contributed by atoms with van der Waals surface area (Å²) >= 11 is 0. The monoisotopic (exact) mass is 1300 g/mol. The van der Waals surface area contributed by atoms with Crippen molar-refractivity contribution in [3.8, 4) is 68.3 Å². The summed E-state index contributed by atoms with van der Waals surface area (Å²) in [4.78, 5) is 30.2. The highest BCUT2D eigenvalue weighted by Crippen LogP contribution is 2.44. The average Bonchev–Trinajstić information content (AvgIpc) is 1.58. The van der Waals surface area contributed by atoms with E-state index in [0.29, 0.717) is 17.5 Å². The molecule has 12 aromatic carbocycles. The molecule has 0 radical (unpaired) electrons. The van der Waals surface area contributed by atoms with Crippen molar-refractivity contribution in [2.75, 3.05) is 0 Å². The normalized spacial score (nSPS) is 12.1. The number of fused-ring (bicyclic) bond motifs is 18. The molecular formula is C90H54N12. The summed E-state index contributed by atoms with van der Waals surface area (Å²) < 4.78 is 14.2. The Balaban J connectivity index is 0.789. The molecule has 0 bridgehead atoms. The Labute approximate surface area is 581 Å². The van der Waals surface area contributed by atoms with E-state index in [1.165, 1.54) is 32.3 Å². The highest BCUT2D eigenvalue weighted by Gasteiger charge is 2.24. The lowest BCUT2D eigenvalue weighted by Gasteiger charge is -2.11. The van der Waals surface area contributed by atoms with E-state index < -0.39 is 0 Å². The molecule has 0 aliphatic carbocycles. The van der Waals surface area contributed by atoms with Crippen LogP contribution in [0.4, 0.5) is 0 Å². The molecule has 0 spiro atoms. The van der Waals surface area contributed by atoms with Crippen molar-refractivity contribution < 1.29 is 0 Å². The molecule has 0 saturated carbocycles. The van der Waals surface area contributed by atoms with Crippen LogP contribution in [0.25, 0.3) is 199 Å². The molecule has 0 atom stereocenters. The standard InChI is InChI=1S/C90H54N12/c1-7-19-76-64(13-1)65-14-2-8-20-77(65)100(76)61-28-34-85-73(52-61)70-49-55(25-31-82(70)97(85)58-37-43-91-44-38-58)88-94-89(56-26-32-83-71(50-56)74-53-62(29-35-86(74)98(83)59-39-45-92-46-40-59)101-78-21-9-3-15-66(78)67-16-4-10-22-79(67)101)96-90(95-88)57-27-33-84-72(51-57)75-54-63(30-36-87(75)99(84)60-41-47-93-48-42-60)102-80-23-11-5-17-68(80)69-18-6-12-24-81(69)102/h1-54H. The van der Waals surface area contributed by atoms with Crippen molar-refractivity contribution in [1.29, 1.82) is 0 Å². The zero-order valence-electron chi connectivity index (χ0n) is 54.5. The Morgan fingerprint density at radius 2 is 0.353 bits per heavy atom. The molecule has 0 unspecified atom stereocenters. The highest BCUT2D eigenvalue weighted by molar-refractivity contribution is 6.17. The van der Waals surface area contributed by atoms with E-state index in [-0.39, 0.29) is 0 Å². The first-order chi connectivity index (χ1) is 50.6. The predicted octanol–water partition coefficient (Wildman–Crippen LogP) is 21.6. The summed E-state index contributed by atoms with van der Waals surface area (Å²) in [5.41, 5.74) is 22.0. The van der Waals surface area contributed by atoms with Gasteiger partial charge in [0.25, 0.3) is 0 Å². The minimum atomic E-state index is 0.543. The van der Waals surface area contributed by atoms with E-state index in [1.807, 2.05) is 37.2 Å². The minimum Gasteiger partial charge on any atom is -0.309 e. The number of hydrogen-bond donors (Lipinski definition) is 0. The maximum Gasteiger partial charge on any atom is 0.164 e. The topological polar surface area (TPSA) is 107 Å². The number of para-hydroxylation sites is 6. The smallest absolute Gasteiger partial charge is 0.164 e. The molecule has 12 heteroatoms. The van der Waals surface area contributed by atoms with Crippen molar-refractivity contribution in [3.05, 3.63) is 328 Å². The Morgan fingerprint density at radius 1 is 0.157 bits per heavy atom. The molecule has 474 valence electrons. The van der Waals surface area contributed by atoms with E-state index >= 15 is 0 Å². The third-order valence-corrected chi connectivity index (χ3v) is 20.9. The third kappa shape index (κ3) is 8.25. The molecule has 0 fully saturated rings. The number of rotatable bonds is 9. The zero-order valence-corrected chi connectivity index (χ0v) is 54.5. The van der Waals surface area contributed by atoms with Crippen LogP contribution in [0.1, 0.15) is 0 Å². The number of hydrogen-bond acceptors (Lipinski definition) is 6. The first-order valence-corrected chi connectivity index (χ1v) is 34.3. The fourth-order valence-electron chi connectivity index (χ4n) is 16.5. The van der Waals surface area contributed by atoms with E-state index in [4.69, 9.17) is 15.0 Å². The van der Waals surface area contributed by atoms with E-state index in [2.05, 4.69) is 334 Å². The largest absolute Gasteiger partial charge is 0.309 e. The summed E-state index contributed by atoms with van der Waals surface area (Å²) in [5.74, 6) is 1.63. The van der Waals surface area contributed by atoms with Gasteiger partial charge in [-0.05, 0) is 182 Å². The average molecular weight is 1300 g/mol. The van der Waals surface area contributed by atoms with Crippen LogP contribution in [0, 0.1) is 0 Å². The lowest BCUT2D eigenvalue weighted by Crippen LogP contribution is -2.00. The molecular weight excluding hydrogens is 1250 g/mol. The van der Waals surface area contributed by atoms with E-state index in [1.54, 1.807) is 0 Å². The van der Waals surface area contributed by atoms with Crippen LogP contribution >= 0.6 is 0 Å². The van der Waals surface area contributed by atoms with Gasteiger partial charge in [0.05, 0.1) is 66.2 Å². The van der Waals surface area contributed by atoms with Crippen molar-refractivity contribution in [2.24, 2.45) is 0 Å². The van der Waals surface area contributed by atoms with Gasteiger partial charge < -0.3 is 27.4 Å². The molecule has 12 nitrogen and oxygen atoms in total. The molecule has 10 heterocycles. The van der Waals surface area contributed by atoms with Crippen LogP contribution in [0.5, 0.6) is 0 Å². The Morgan fingerprint density at radius 3 is 0.598 bits per heavy atom. The molecule has 22 aromatic rings. The molecule has 10 aromatic heterocycles. The van der Waals surface area contributed by atoms with Crippen LogP contribution in [-0.4, -0.2) is 57.3 Å². The van der Waals surface area contributed by atoms with Gasteiger partial charge in [0, 0.05) is 153 Å². The van der Waals surface area contributed by atoms with Crippen LogP contribution < -0.4 is 0 Å². The second-order valence-corrected chi connectivity index (χ2v) is 26.3. The van der Waals surface area contributed by atoms with Gasteiger partial charge in [-0.1, -0.05) is 109 Å². The summed E-state index contributed by atoms with van der Waals surface area (Å²) in [6, 6.07) is 105. The van der Waals surface area contributed by atoms with E-state index in [0.717, 1.165) is 149 Å². The number of pyridine rings is 3. The van der Waals surface area contributed by atoms with Gasteiger partial charge in [-0.15, -0.1) is 0 Å². The van der Waals surface area contributed by atoms with Gasteiger partial charge in [0.2, 0.25) is 0 Å². The molecule has 0 amide bonds. The molecule has 0 aliphatic heterocycles. The fraction of sp³-hybridized carbons (Fsp3) is 0. The second kappa shape index (κ2) is 21.7. The lowest BCUT2D eigenvalue weighted by molar-refractivity contribution is 1.07.